The zero-order valence-electron chi connectivity index (χ0n) is 18.0. The molecule has 1 saturated heterocycles. The van der Waals surface area contributed by atoms with Crippen molar-refractivity contribution in [3.8, 4) is 11.5 Å². The molecule has 1 N–H and O–H groups in total. The highest BCUT2D eigenvalue weighted by Crippen LogP contribution is 2.46. The van der Waals surface area contributed by atoms with Crippen molar-refractivity contribution in [2.24, 2.45) is 5.92 Å². The van der Waals surface area contributed by atoms with E-state index in [0.29, 0.717) is 55.8 Å². The van der Waals surface area contributed by atoms with Crippen LogP contribution in [-0.2, 0) is 11.2 Å². The lowest BCUT2D eigenvalue weighted by atomic mass is 9.82. The smallest absolute Gasteiger partial charge is 0.161 e. The van der Waals surface area contributed by atoms with Gasteiger partial charge in [0, 0.05) is 32.5 Å². The molecule has 0 amide bonds. The topological polar surface area (TPSA) is 59.0 Å². The predicted molar refractivity (Wildman–Crippen MR) is 113 cm³/mol. The zero-order valence-corrected chi connectivity index (χ0v) is 18.0. The van der Waals surface area contributed by atoms with Crippen molar-refractivity contribution >= 4 is 5.78 Å². The number of aliphatic hydroxyl groups is 1. The second kappa shape index (κ2) is 8.67. The van der Waals surface area contributed by atoms with Crippen LogP contribution in [0.15, 0.2) is 23.8 Å². The second-order valence-electron chi connectivity index (χ2n) is 9.05. The van der Waals surface area contributed by atoms with Gasteiger partial charge in [-0.25, -0.2) is 4.39 Å². The van der Waals surface area contributed by atoms with Crippen molar-refractivity contribution in [2.45, 2.75) is 56.7 Å². The van der Waals surface area contributed by atoms with Crippen LogP contribution in [0.2, 0.25) is 0 Å². The normalized spacial score (nSPS) is 26.3. The molecule has 164 valence electrons. The first-order valence-corrected chi connectivity index (χ1v) is 10.9. The molecule has 2 aliphatic carbocycles. The van der Waals surface area contributed by atoms with E-state index in [1.165, 1.54) is 5.57 Å². The number of rotatable bonds is 6. The number of Topliss-reactive ketones (excluding diaryl/α,β-unsaturated/α-hetero) is 1. The summed E-state index contributed by atoms with van der Waals surface area (Å²) >= 11 is 0. The van der Waals surface area contributed by atoms with Crippen LogP contribution in [0, 0.1) is 5.92 Å². The Morgan fingerprint density at radius 2 is 1.87 bits per heavy atom. The van der Waals surface area contributed by atoms with Crippen molar-refractivity contribution in [2.75, 3.05) is 33.9 Å². The fourth-order valence-electron chi connectivity index (χ4n) is 5.20. The average molecular weight is 418 g/mol. The fourth-order valence-corrected chi connectivity index (χ4v) is 5.20. The Labute approximate surface area is 177 Å². The average Bonchev–Trinajstić information content (AvgIpc) is 3.04. The number of carbonyl (C=O) groups is 1. The van der Waals surface area contributed by atoms with Crippen molar-refractivity contribution in [1.29, 1.82) is 0 Å². The summed E-state index contributed by atoms with van der Waals surface area (Å²) < 4.78 is 26.4. The highest BCUT2D eigenvalue weighted by Gasteiger charge is 2.42. The van der Waals surface area contributed by atoms with E-state index < -0.39 is 11.8 Å². The summed E-state index contributed by atoms with van der Waals surface area (Å²) in [5.41, 5.74) is 1.92. The SMILES string of the molecule is COc1cc2c(cc1OC)C(O)C(CC1(F)CCN(CC3=CCC(=O)CC3)CC1)C2. The van der Waals surface area contributed by atoms with Crippen LogP contribution < -0.4 is 9.47 Å². The zero-order chi connectivity index (χ0) is 21.3. The molecule has 6 heteroatoms. The third kappa shape index (κ3) is 4.40. The number of ether oxygens (including phenoxy) is 2. The van der Waals surface area contributed by atoms with Crippen LogP contribution in [0.25, 0.3) is 0 Å². The number of methoxy groups -OCH3 is 2. The van der Waals surface area contributed by atoms with Crippen LogP contribution in [-0.4, -0.2) is 55.3 Å². The molecule has 0 radical (unpaired) electrons. The van der Waals surface area contributed by atoms with E-state index in [-0.39, 0.29) is 5.92 Å². The van der Waals surface area contributed by atoms with Crippen LogP contribution in [0.1, 0.15) is 55.8 Å². The fraction of sp³-hybridized carbons (Fsp3) is 0.625. The molecule has 1 fully saturated rings. The third-order valence-corrected chi connectivity index (χ3v) is 7.04. The molecular weight excluding hydrogens is 385 g/mol. The summed E-state index contributed by atoms with van der Waals surface area (Å²) in [4.78, 5) is 13.7. The van der Waals surface area contributed by atoms with Gasteiger partial charge in [0.25, 0.3) is 0 Å². The first-order chi connectivity index (χ1) is 14.4. The van der Waals surface area contributed by atoms with E-state index >= 15 is 4.39 Å². The minimum Gasteiger partial charge on any atom is -0.493 e. The number of fused-ring (bicyclic) bond motifs is 1. The number of benzene rings is 1. The number of carbonyl (C=O) groups excluding carboxylic acids is 1. The molecule has 30 heavy (non-hydrogen) atoms. The number of hydrogen-bond acceptors (Lipinski definition) is 5. The monoisotopic (exact) mass is 417 g/mol. The standard InChI is InChI=1S/C24H32FNO4/c1-29-21-12-17-11-18(23(28)20(17)13-22(21)30-2)14-24(25)7-9-26(10-8-24)15-16-3-5-19(27)6-4-16/h3,12-13,18,23,28H,4-11,14-15H2,1-2H3. The van der Waals surface area contributed by atoms with E-state index in [4.69, 9.17) is 9.47 Å². The van der Waals surface area contributed by atoms with Gasteiger partial charge in [-0.05, 0) is 61.3 Å². The Balaban J connectivity index is 1.35. The maximum atomic E-state index is 15.7. The highest BCUT2D eigenvalue weighted by atomic mass is 19.1. The molecule has 0 spiro atoms. The van der Waals surface area contributed by atoms with Crippen molar-refractivity contribution in [3.05, 3.63) is 34.9 Å². The van der Waals surface area contributed by atoms with Crippen LogP contribution in [0.3, 0.4) is 0 Å². The lowest BCUT2D eigenvalue weighted by molar-refractivity contribution is -0.118. The quantitative estimate of drug-likeness (QED) is 0.714. The molecule has 4 rings (SSSR count). The molecule has 5 nitrogen and oxygen atoms in total. The number of aliphatic hydroxyl groups excluding tert-OH is 1. The number of hydrogen-bond donors (Lipinski definition) is 1. The van der Waals surface area contributed by atoms with Crippen LogP contribution >= 0.6 is 0 Å². The minimum atomic E-state index is -1.24. The Hall–Kier alpha value is -1.92. The summed E-state index contributed by atoms with van der Waals surface area (Å²) in [5, 5.41) is 10.9. The van der Waals surface area contributed by atoms with Gasteiger partial charge in [0.05, 0.1) is 20.3 Å². The summed E-state index contributed by atoms with van der Waals surface area (Å²) in [6, 6.07) is 3.74. The number of ketones is 1. The van der Waals surface area contributed by atoms with Crippen molar-refractivity contribution in [3.63, 3.8) is 0 Å². The van der Waals surface area contributed by atoms with Gasteiger partial charge in [0.2, 0.25) is 0 Å². The molecule has 0 aromatic heterocycles. The summed E-state index contributed by atoms with van der Waals surface area (Å²) in [6.45, 7) is 2.29. The van der Waals surface area contributed by atoms with E-state index in [0.717, 1.165) is 37.2 Å². The molecule has 1 heterocycles. The van der Waals surface area contributed by atoms with Gasteiger partial charge in [0.1, 0.15) is 11.5 Å². The number of allylic oxidation sites excluding steroid dienone is 1. The number of piperidine rings is 1. The number of alkyl halides is 1. The predicted octanol–water partition coefficient (Wildman–Crippen LogP) is 3.78. The molecule has 1 aromatic rings. The lowest BCUT2D eigenvalue weighted by Gasteiger charge is -2.38. The Bertz CT molecular complexity index is 829. The van der Waals surface area contributed by atoms with E-state index in [9.17, 15) is 9.90 Å². The number of nitrogens with zero attached hydrogens (tertiary/aromatic N) is 1. The van der Waals surface area contributed by atoms with Crippen molar-refractivity contribution < 1.29 is 23.8 Å². The minimum absolute atomic E-state index is 0.125. The first kappa shape index (κ1) is 21.3. The Morgan fingerprint density at radius 1 is 1.17 bits per heavy atom. The summed E-state index contributed by atoms with van der Waals surface area (Å²) in [6.07, 6.45) is 5.43. The van der Waals surface area contributed by atoms with E-state index in [1.54, 1.807) is 14.2 Å². The van der Waals surface area contributed by atoms with E-state index in [2.05, 4.69) is 11.0 Å². The second-order valence-corrected chi connectivity index (χ2v) is 9.05. The van der Waals surface area contributed by atoms with Crippen molar-refractivity contribution in [1.82, 2.24) is 4.90 Å². The molecule has 0 saturated carbocycles. The maximum Gasteiger partial charge on any atom is 0.161 e. The third-order valence-electron chi connectivity index (χ3n) is 7.04. The number of halogens is 1. The molecule has 2 atom stereocenters. The molecule has 2 unspecified atom stereocenters. The first-order valence-electron chi connectivity index (χ1n) is 10.9. The Morgan fingerprint density at radius 3 is 2.50 bits per heavy atom. The number of likely N-dealkylation sites (tertiary alicyclic amines) is 1. The van der Waals surface area contributed by atoms with Gasteiger partial charge in [-0.3, -0.25) is 9.69 Å². The van der Waals surface area contributed by atoms with Gasteiger partial charge < -0.3 is 14.6 Å². The van der Waals surface area contributed by atoms with E-state index in [1.807, 2.05) is 12.1 Å². The van der Waals surface area contributed by atoms with Gasteiger partial charge in [0.15, 0.2) is 11.5 Å². The van der Waals surface area contributed by atoms with Gasteiger partial charge >= 0.3 is 0 Å². The molecule has 1 aliphatic heterocycles. The van der Waals surface area contributed by atoms with Crippen LogP contribution in [0.4, 0.5) is 4.39 Å². The lowest BCUT2D eigenvalue weighted by Crippen LogP contribution is -2.43. The Kier molecular flexibility index (Phi) is 6.16. The largest absolute Gasteiger partial charge is 0.493 e. The molecule has 1 aromatic carbocycles. The summed E-state index contributed by atoms with van der Waals surface area (Å²) in [7, 11) is 3.17. The van der Waals surface area contributed by atoms with Gasteiger partial charge in [-0.15, -0.1) is 0 Å². The molecular formula is C24H32FNO4. The van der Waals surface area contributed by atoms with Gasteiger partial charge in [-0.2, -0.15) is 0 Å². The molecule has 0 bridgehead atoms. The van der Waals surface area contributed by atoms with Crippen LogP contribution in [0.5, 0.6) is 11.5 Å². The summed E-state index contributed by atoms with van der Waals surface area (Å²) in [5.74, 6) is 1.43. The molecule has 3 aliphatic rings. The van der Waals surface area contributed by atoms with Gasteiger partial charge in [-0.1, -0.05) is 11.6 Å². The highest BCUT2D eigenvalue weighted by molar-refractivity contribution is 5.81. The maximum absolute atomic E-state index is 15.7.